The summed E-state index contributed by atoms with van der Waals surface area (Å²) in [5, 5.41) is 46.4. The lowest BCUT2D eigenvalue weighted by molar-refractivity contribution is 0.00823. The Labute approximate surface area is 840 Å². The average Bonchev–Trinajstić information content (AvgIpc) is 1.58. The molecule has 0 aliphatic carbocycles. The van der Waals surface area contributed by atoms with E-state index in [1.165, 1.54) is 28.2 Å². The van der Waals surface area contributed by atoms with Crippen LogP contribution in [0.3, 0.4) is 0 Å². The third-order valence-electron chi connectivity index (χ3n) is 21.6. The minimum Gasteiger partial charge on any atom is -0.449 e. The van der Waals surface area contributed by atoms with Gasteiger partial charge in [0.1, 0.15) is 35.1 Å². The van der Waals surface area contributed by atoms with Crippen LogP contribution < -0.4 is 4.90 Å². The predicted octanol–water partition coefficient (Wildman–Crippen LogP) is 18.4. The van der Waals surface area contributed by atoms with Crippen LogP contribution in [0.25, 0.3) is 39.4 Å². The van der Waals surface area contributed by atoms with E-state index < -0.39 is 28.7 Å². The zero-order valence-electron chi connectivity index (χ0n) is 85.8. The molecule has 0 fully saturated rings. The number of anilines is 1. The second-order valence-electron chi connectivity index (χ2n) is 35.6. The van der Waals surface area contributed by atoms with E-state index in [4.69, 9.17) is 10.00 Å². The highest BCUT2D eigenvalue weighted by Gasteiger charge is 2.39. The Morgan fingerprint density at radius 1 is 0.507 bits per heavy atom. The number of cyclic esters (lactones) is 1. The molecule has 2 N–H and O–H groups in total. The molecule has 0 saturated carbocycles. The number of aliphatic hydroxyl groups is 2. The topological polar surface area (TPSA) is 414 Å². The largest absolute Gasteiger partial charge is 0.449 e. The van der Waals surface area contributed by atoms with E-state index >= 15 is 0 Å². The fourth-order valence-electron chi connectivity index (χ4n) is 13.7. The Morgan fingerprint density at radius 2 is 1.03 bits per heavy atom. The van der Waals surface area contributed by atoms with Gasteiger partial charge in [0.05, 0.1) is 103 Å². The van der Waals surface area contributed by atoms with Crippen molar-refractivity contribution in [3.63, 3.8) is 0 Å². The van der Waals surface area contributed by atoms with Gasteiger partial charge in [0, 0.05) is 186 Å². The quantitative estimate of drug-likeness (QED) is 0.155. The van der Waals surface area contributed by atoms with Gasteiger partial charge in [0.15, 0.2) is 23.2 Å². The highest BCUT2D eigenvalue weighted by Crippen LogP contribution is 2.35. The number of amides is 2. The molecular formula is C108H122FN27O7S. The summed E-state index contributed by atoms with van der Waals surface area (Å²) in [7, 11) is 6.26. The van der Waals surface area contributed by atoms with E-state index in [0.717, 1.165) is 157 Å². The van der Waals surface area contributed by atoms with Crippen molar-refractivity contribution in [3.8, 4) is 6.07 Å². The van der Waals surface area contributed by atoms with Crippen molar-refractivity contribution >= 4 is 74.0 Å². The molecule has 0 bridgehead atoms. The van der Waals surface area contributed by atoms with Crippen LogP contribution in [0.4, 0.5) is 10.3 Å². The van der Waals surface area contributed by atoms with Crippen molar-refractivity contribution in [1.82, 2.24) is 123 Å². The van der Waals surface area contributed by atoms with Crippen LogP contribution in [0.2, 0.25) is 0 Å². The number of aromatic nitrogens is 23. The van der Waals surface area contributed by atoms with E-state index in [2.05, 4.69) is 147 Å². The summed E-state index contributed by atoms with van der Waals surface area (Å²) in [6.45, 7) is 41.1. The highest BCUT2D eigenvalue weighted by molar-refractivity contribution is 7.88. The Hall–Kier alpha value is -16.4. The molecule has 2 aromatic carbocycles. The number of rotatable bonds is 4. The average molecular weight is 1960 g/mol. The van der Waals surface area contributed by atoms with Crippen molar-refractivity contribution in [2.75, 3.05) is 33.1 Å². The standard InChI is InChI=1S/C10H12N2O.C10H11NO2.C9H11N3O.C9H10N2O2.C9H8N2.C8H6FN.C8H9N3.C8H8N2.C8H12N2.C8H7NOS.C7H7N3.C7H11N3.C7H10N2/c1-6-4-8-9(11-5-6)7(2)12(3)10(8)13;1-6-4-7-8(11-5-6)10(2,3)13-9(7)12;1-6-3-10-9-8(7(2)13)4-11-12(9)5-6;1-5-3-6-7(10-4-5)9(13)11(2)8(6)12;1-7-2-3-8-5-10-6-11-9(8)4-7;1-6-2-7(5-10)4-8(9)3-6;1-6-3-9-8-7(2)4-10-11(8)5-6;1-7-2-3-8-4-5-9-10(8)6-7;1-6(2)8-9-4-7(3)5-10-8;1-6-4-8-7(9-5-6)2-3-11(8)10;1-6-4-8-7-2-3-9-10(7)5-6;1-6-4-8-7(9-5-6)10(2)3;1-3-7-8-4-6(2)5-9-7/h4-5,7H,1-3H3;4-5H,1-3H3;3-5,7,13H,1-2H3;3-4,9,13H,1-2H3;2-6H,1H3;2-4H,1H3;3-5H,1-2H3;2-6H,1H3;4-6H,1-3H3;2-5H,1H3;2-5H,1H3;4-5H,1-3H3;4-5H,3H2,1-2H3. The molecule has 36 heteroatoms. The van der Waals surface area contributed by atoms with Crippen LogP contribution in [0.15, 0.2) is 238 Å². The number of fused-ring (bicyclic) bond motifs is 9. The SMILES string of the molecule is CCc1ncc(C)cn1.Cc1cc(F)cc(C#N)c1.Cc1ccc2ccnn2c1.Cc1ccc2cncnc2c1.Cc1cnc(C(C)C)nc1.Cc1cnc(N(C)C)nc1.Cc1cnc2c(C(C)O)cnn2c1.Cc1cnc2c(C)cnn2c1.Cc1cnc2c(c1)C(=O)N(C)C2C.Cc1cnc2c(c1)C(=O)N(C)C2O.Cc1cnc2c(c1)C(=O)OC2(C)C.Cc1cnc2c(c1)S(=O)C=C2.Cc1cnc2ccnn2c1. The van der Waals surface area contributed by atoms with Gasteiger partial charge in [-0.05, 0) is 264 Å². The fraction of sp³-hybridized carbons (Fsp3) is 0.287. The first-order chi connectivity index (χ1) is 68.5. The van der Waals surface area contributed by atoms with Gasteiger partial charge in [0.2, 0.25) is 5.95 Å². The zero-order valence-corrected chi connectivity index (χ0v) is 86.6. The summed E-state index contributed by atoms with van der Waals surface area (Å²) in [4.78, 5) is 102. The predicted molar refractivity (Wildman–Crippen MR) is 554 cm³/mol. The number of nitriles is 1. The Balaban J connectivity index is 0.000000160. The number of aryl methyl sites for hydroxylation is 15. The van der Waals surface area contributed by atoms with Crippen molar-refractivity contribution in [2.45, 2.75) is 187 Å². The smallest absolute Gasteiger partial charge is 0.341 e. The molecule has 18 aromatic rings. The molecule has 144 heavy (non-hydrogen) atoms. The lowest BCUT2D eigenvalue weighted by Crippen LogP contribution is -2.22. The third-order valence-corrected chi connectivity index (χ3v) is 22.7. The molecule has 0 spiro atoms. The van der Waals surface area contributed by atoms with Gasteiger partial charge >= 0.3 is 5.97 Å². The molecule has 0 saturated heterocycles. The number of ether oxygens (including phenoxy) is 1. The molecule has 16 aromatic heterocycles. The summed E-state index contributed by atoms with van der Waals surface area (Å²) < 4.78 is 35.9. The van der Waals surface area contributed by atoms with Gasteiger partial charge < -0.3 is 29.6 Å². The first-order valence-corrected chi connectivity index (χ1v) is 47.4. The monoisotopic (exact) mass is 1960 g/mol. The van der Waals surface area contributed by atoms with E-state index in [0.29, 0.717) is 28.3 Å². The number of nitrogens with zero attached hydrogens (tertiary/aromatic N) is 27. The molecule has 4 unspecified atom stereocenters. The lowest BCUT2D eigenvalue weighted by Gasteiger charge is -2.15. The summed E-state index contributed by atoms with van der Waals surface area (Å²) in [6, 6.07) is 27.8. The second-order valence-corrected chi connectivity index (χ2v) is 36.9. The van der Waals surface area contributed by atoms with Gasteiger partial charge in [-0.1, -0.05) is 39.0 Å². The number of aliphatic hydroxyl groups excluding tert-OH is 2. The summed E-state index contributed by atoms with van der Waals surface area (Å²) in [6.07, 6.45) is 42.9. The van der Waals surface area contributed by atoms with Gasteiger partial charge in [-0.2, -0.15) is 25.7 Å². The Kier molecular flexibility index (Phi) is 38.9. The molecule has 22 rings (SSSR count). The van der Waals surface area contributed by atoms with Crippen LogP contribution in [-0.2, 0) is 27.6 Å². The number of carbonyl (C=O) groups is 3. The molecule has 20 heterocycles. The minimum absolute atomic E-state index is 0.0821. The van der Waals surface area contributed by atoms with Gasteiger partial charge in [-0.15, -0.1) is 0 Å². The Morgan fingerprint density at radius 3 is 1.65 bits per heavy atom. The van der Waals surface area contributed by atoms with Crippen LogP contribution >= 0.6 is 0 Å². The number of hydrogen-bond donors (Lipinski definition) is 2. The molecule has 34 nitrogen and oxygen atoms in total. The van der Waals surface area contributed by atoms with E-state index in [1.807, 2.05) is 270 Å². The van der Waals surface area contributed by atoms with Crippen LogP contribution in [0, 0.1) is 114 Å². The number of esters is 1. The van der Waals surface area contributed by atoms with Crippen molar-refractivity contribution < 1.29 is 37.9 Å². The molecule has 0 radical (unpaired) electrons. The van der Waals surface area contributed by atoms with Crippen LogP contribution in [-0.4, -0.2) is 183 Å². The molecular weight excluding hydrogens is 1840 g/mol. The zero-order chi connectivity index (χ0) is 105. The Bertz CT molecular complexity index is 7310. The van der Waals surface area contributed by atoms with Crippen molar-refractivity contribution in [1.29, 1.82) is 5.26 Å². The van der Waals surface area contributed by atoms with E-state index in [-0.39, 0.29) is 29.6 Å². The number of hydrogen-bond acceptors (Lipinski definition) is 28. The number of carbonyl (C=O) groups excluding carboxylic acids is 3. The van der Waals surface area contributed by atoms with Crippen LogP contribution in [0.5, 0.6) is 0 Å². The molecule has 4 aliphatic heterocycles. The maximum Gasteiger partial charge on any atom is 0.341 e. The highest BCUT2D eigenvalue weighted by atomic mass is 32.2. The lowest BCUT2D eigenvalue weighted by atomic mass is 10.0. The van der Waals surface area contributed by atoms with Gasteiger partial charge in [0.25, 0.3) is 11.8 Å². The minimum atomic E-state index is -0.951. The maximum atomic E-state index is 12.5. The number of halogens is 1. The van der Waals surface area contributed by atoms with Gasteiger partial charge in [-0.3, -0.25) is 29.5 Å². The summed E-state index contributed by atoms with van der Waals surface area (Å²) in [5.41, 5.74) is 25.1. The van der Waals surface area contributed by atoms with Crippen LogP contribution in [0.1, 0.15) is 227 Å². The normalized spacial score (nSPS) is 13.8. The van der Waals surface area contributed by atoms with Gasteiger partial charge in [-0.25, -0.2) is 86.3 Å². The number of benzene rings is 2. The van der Waals surface area contributed by atoms with E-state index in [1.54, 1.807) is 113 Å². The molecule has 4 atom stereocenters. The third kappa shape index (κ3) is 30.8. The van der Waals surface area contributed by atoms with Crippen molar-refractivity contribution in [3.05, 3.63) is 379 Å². The molecule has 2 amide bonds. The maximum absolute atomic E-state index is 12.5. The van der Waals surface area contributed by atoms with E-state index in [9.17, 15) is 33.2 Å². The first-order valence-electron chi connectivity index (χ1n) is 46.2. The number of pyridine rings is 5. The summed E-state index contributed by atoms with van der Waals surface area (Å²) in [5.74, 6) is 2.32. The first kappa shape index (κ1) is 110. The fourth-order valence-corrected chi connectivity index (χ4v) is 14.8. The van der Waals surface area contributed by atoms with Crippen molar-refractivity contribution in [2.24, 2.45) is 0 Å². The summed E-state index contributed by atoms with van der Waals surface area (Å²) >= 11 is 0. The second kappa shape index (κ2) is 51.2. The molecule has 744 valence electrons. The molecule has 4 aliphatic rings.